The summed E-state index contributed by atoms with van der Waals surface area (Å²) in [5.74, 6) is -0.283. The maximum Gasteiger partial charge on any atom is 0.326 e. The zero-order chi connectivity index (χ0) is 13.1. The van der Waals surface area contributed by atoms with Gasteiger partial charge in [0.1, 0.15) is 18.0 Å². The fourth-order valence-electron chi connectivity index (χ4n) is 1.79. The number of nitrogens with zero attached hydrogens (tertiary/aromatic N) is 1. The Kier molecular flexibility index (Phi) is 3.36. The molecule has 1 amide bonds. The SMILES string of the molecule is CCOC(=O)CN1C(=O)COc2cccc(N)c21. The molecule has 1 aliphatic heterocycles. The first kappa shape index (κ1) is 12.2. The number of carbonyl (C=O) groups excluding carboxylic acids is 2. The first-order valence-corrected chi connectivity index (χ1v) is 5.60. The molecule has 1 aromatic rings. The van der Waals surface area contributed by atoms with E-state index in [1.807, 2.05) is 0 Å². The van der Waals surface area contributed by atoms with Crippen LogP contribution in [0.2, 0.25) is 0 Å². The molecule has 0 unspecified atom stereocenters. The first-order valence-electron chi connectivity index (χ1n) is 5.60. The van der Waals surface area contributed by atoms with Crippen LogP contribution in [0.5, 0.6) is 5.75 Å². The zero-order valence-electron chi connectivity index (χ0n) is 10.0. The third kappa shape index (κ3) is 2.22. The lowest BCUT2D eigenvalue weighted by Crippen LogP contribution is -2.42. The molecule has 0 saturated heterocycles. The van der Waals surface area contributed by atoms with Gasteiger partial charge in [-0.3, -0.25) is 14.5 Å². The van der Waals surface area contributed by atoms with E-state index in [4.69, 9.17) is 15.2 Å². The van der Waals surface area contributed by atoms with Gasteiger partial charge in [-0.05, 0) is 19.1 Å². The molecule has 0 bridgehead atoms. The summed E-state index contributed by atoms with van der Waals surface area (Å²) in [5.41, 5.74) is 6.64. The van der Waals surface area contributed by atoms with Crippen LogP contribution in [0.1, 0.15) is 6.92 Å². The lowest BCUT2D eigenvalue weighted by Gasteiger charge is -2.29. The van der Waals surface area contributed by atoms with Gasteiger partial charge in [-0.25, -0.2) is 0 Å². The molecule has 0 aliphatic carbocycles. The predicted octanol–water partition coefficient (Wildman–Crippen LogP) is 0.557. The Morgan fingerprint density at radius 3 is 3.06 bits per heavy atom. The molecule has 0 saturated carbocycles. The van der Waals surface area contributed by atoms with Crippen molar-refractivity contribution in [2.24, 2.45) is 0 Å². The van der Waals surface area contributed by atoms with Gasteiger partial charge in [-0.15, -0.1) is 0 Å². The molecule has 0 aromatic heterocycles. The highest BCUT2D eigenvalue weighted by Crippen LogP contribution is 2.36. The summed E-state index contributed by atoms with van der Waals surface area (Å²) < 4.78 is 10.1. The van der Waals surface area contributed by atoms with E-state index < -0.39 is 5.97 Å². The molecule has 96 valence electrons. The number of para-hydroxylation sites is 1. The molecule has 1 heterocycles. The van der Waals surface area contributed by atoms with Crippen molar-refractivity contribution >= 4 is 23.3 Å². The van der Waals surface area contributed by atoms with E-state index in [9.17, 15) is 9.59 Å². The van der Waals surface area contributed by atoms with Crippen molar-refractivity contribution in [3.05, 3.63) is 18.2 Å². The molecular formula is C12H14N2O4. The van der Waals surface area contributed by atoms with Crippen LogP contribution < -0.4 is 15.4 Å². The van der Waals surface area contributed by atoms with E-state index in [0.29, 0.717) is 17.1 Å². The molecule has 0 atom stereocenters. The van der Waals surface area contributed by atoms with Crippen LogP contribution in [0, 0.1) is 0 Å². The van der Waals surface area contributed by atoms with Gasteiger partial charge in [0.25, 0.3) is 5.91 Å². The molecule has 6 nitrogen and oxygen atoms in total. The topological polar surface area (TPSA) is 81.9 Å². The molecule has 0 fully saturated rings. The van der Waals surface area contributed by atoms with Gasteiger partial charge in [0.05, 0.1) is 12.3 Å². The van der Waals surface area contributed by atoms with E-state index in [-0.39, 0.29) is 25.7 Å². The Bertz CT molecular complexity index is 487. The van der Waals surface area contributed by atoms with Crippen molar-refractivity contribution in [3.63, 3.8) is 0 Å². The minimum Gasteiger partial charge on any atom is -0.481 e. The number of hydrogen-bond acceptors (Lipinski definition) is 5. The highest BCUT2D eigenvalue weighted by atomic mass is 16.5. The monoisotopic (exact) mass is 250 g/mol. The van der Waals surface area contributed by atoms with Crippen LogP contribution in [0.4, 0.5) is 11.4 Å². The summed E-state index contributed by atoms with van der Waals surface area (Å²) in [6.07, 6.45) is 0. The fourth-order valence-corrected chi connectivity index (χ4v) is 1.79. The van der Waals surface area contributed by atoms with Crippen LogP contribution in [-0.2, 0) is 14.3 Å². The molecule has 1 aromatic carbocycles. The first-order chi connectivity index (χ1) is 8.63. The number of carbonyl (C=O) groups is 2. The molecule has 0 radical (unpaired) electrons. The molecule has 2 N–H and O–H groups in total. The lowest BCUT2D eigenvalue weighted by molar-refractivity contribution is -0.142. The van der Waals surface area contributed by atoms with Gasteiger partial charge in [0.15, 0.2) is 6.61 Å². The summed E-state index contributed by atoms with van der Waals surface area (Å²) in [5, 5.41) is 0. The van der Waals surface area contributed by atoms with E-state index >= 15 is 0 Å². The predicted molar refractivity (Wildman–Crippen MR) is 65.3 cm³/mol. The van der Waals surface area contributed by atoms with Crippen molar-refractivity contribution < 1.29 is 19.1 Å². The van der Waals surface area contributed by atoms with Crippen molar-refractivity contribution in [2.45, 2.75) is 6.92 Å². The van der Waals surface area contributed by atoms with Crippen LogP contribution in [0.15, 0.2) is 18.2 Å². The van der Waals surface area contributed by atoms with Gasteiger partial charge in [0.2, 0.25) is 0 Å². The maximum absolute atomic E-state index is 11.8. The van der Waals surface area contributed by atoms with Gasteiger partial charge < -0.3 is 15.2 Å². The standard InChI is InChI=1S/C12H14N2O4/c1-2-17-11(16)6-14-10(15)7-18-9-5-3-4-8(13)12(9)14/h3-5H,2,6-7,13H2,1H3. The van der Waals surface area contributed by atoms with E-state index in [2.05, 4.69) is 0 Å². The van der Waals surface area contributed by atoms with Crippen molar-refractivity contribution in [1.29, 1.82) is 0 Å². The number of anilines is 2. The molecule has 1 aliphatic rings. The van der Waals surface area contributed by atoms with Gasteiger partial charge in [-0.1, -0.05) is 6.07 Å². The summed E-state index contributed by atoms with van der Waals surface area (Å²) in [4.78, 5) is 24.6. The number of hydrogen-bond donors (Lipinski definition) is 1. The summed E-state index contributed by atoms with van der Waals surface area (Å²) in [6.45, 7) is 1.73. The fraction of sp³-hybridized carbons (Fsp3) is 0.333. The normalized spacial score (nSPS) is 13.8. The number of amides is 1. The Morgan fingerprint density at radius 2 is 2.33 bits per heavy atom. The number of ether oxygens (including phenoxy) is 2. The molecule has 6 heteroatoms. The number of benzene rings is 1. The minimum absolute atomic E-state index is 0.101. The van der Waals surface area contributed by atoms with Gasteiger partial charge >= 0.3 is 5.97 Å². The smallest absolute Gasteiger partial charge is 0.326 e. The van der Waals surface area contributed by atoms with Crippen molar-refractivity contribution in [2.75, 3.05) is 30.4 Å². The van der Waals surface area contributed by atoms with Gasteiger partial charge in [0, 0.05) is 0 Å². The van der Waals surface area contributed by atoms with Crippen molar-refractivity contribution in [3.8, 4) is 5.75 Å². The largest absolute Gasteiger partial charge is 0.481 e. The van der Waals surface area contributed by atoms with Crippen molar-refractivity contribution in [1.82, 2.24) is 0 Å². The second kappa shape index (κ2) is 4.95. The Balaban J connectivity index is 2.30. The number of fused-ring (bicyclic) bond motifs is 1. The third-order valence-corrected chi connectivity index (χ3v) is 2.54. The van der Waals surface area contributed by atoms with Gasteiger partial charge in [-0.2, -0.15) is 0 Å². The van der Waals surface area contributed by atoms with Crippen LogP contribution in [0.25, 0.3) is 0 Å². The number of esters is 1. The lowest BCUT2D eigenvalue weighted by atomic mass is 10.2. The number of nitrogen functional groups attached to an aromatic ring is 1. The highest BCUT2D eigenvalue weighted by Gasteiger charge is 2.29. The van der Waals surface area contributed by atoms with E-state index in [0.717, 1.165) is 0 Å². The maximum atomic E-state index is 11.8. The summed E-state index contributed by atoms with van der Waals surface area (Å²) in [6, 6.07) is 5.09. The van der Waals surface area contributed by atoms with Crippen LogP contribution >= 0.6 is 0 Å². The molecule has 2 rings (SSSR count). The molecular weight excluding hydrogens is 236 g/mol. The number of rotatable bonds is 3. The quantitative estimate of drug-likeness (QED) is 0.626. The average Bonchev–Trinajstić information content (AvgIpc) is 2.33. The summed E-state index contributed by atoms with van der Waals surface area (Å²) in [7, 11) is 0. The minimum atomic E-state index is -0.470. The summed E-state index contributed by atoms with van der Waals surface area (Å²) >= 11 is 0. The number of nitrogens with two attached hydrogens (primary N) is 1. The van der Waals surface area contributed by atoms with Crippen LogP contribution in [-0.4, -0.2) is 31.6 Å². The molecule has 18 heavy (non-hydrogen) atoms. The Morgan fingerprint density at radius 1 is 1.56 bits per heavy atom. The second-order valence-corrected chi connectivity index (χ2v) is 3.77. The Labute approximate surface area is 104 Å². The van der Waals surface area contributed by atoms with E-state index in [1.54, 1.807) is 25.1 Å². The highest BCUT2D eigenvalue weighted by molar-refractivity contribution is 6.04. The zero-order valence-corrected chi connectivity index (χ0v) is 10.0. The second-order valence-electron chi connectivity index (χ2n) is 3.77. The van der Waals surface area contributed by atoms with Crippen LogP contribution in [0.3, 0.4) is 0 Å². The molecule has 0 spiro atoms. The Hall–Kier alpha value is -2.24. The average molecular weight is 250 g/mol. The third-order valence-electron chi connectivity index (χ3n) is 2.54. The van der Waals surface area contributed by atoms with E-state index in [1.165, 1.54) is 4.90 Å².